The standard InChI is InChI=1S/C14H15Cl2NO2S/c1-19-8-5-12(20-7-8)14(18)9(6-17)13-10(15)3-2-4-11(13)16/h2-5,7,9,14,18H,6,17H2,1H3. The van der Waals surface area contributed by atoms with Crippen LogP contribution in [0, 0.1) is 0 Å². The molecular weight excluding hydrogens is 317 g/mol. The molecule has 0 amide bonds. The molecule has 0 fully saturated rings. The number of aliphatic hydroxyl groups is 1. The zero-order valence-corrected chi connectivity index (χ0v) is 13.2. The van der Waals surface area contributed by atoms with Crippen molar-refractivity contribution in [2.24, 2.45) is 5.73 Å². The minimum atomic E-state index is -0.772. The summed E-state index contributed by atoms with van der Waals surface area (Å²) in [5.41, 5.74) is 6.50. The molecule has 0 bridgehead atoms. The van der Waals surface area contributed by atoms with Crippen LogP contribution in [0.15, 0.2) is 29.6 Å². The molecule has 6 heteroatoms. The van der Waals surface area contributed by atoms with Crippen molar-refractivity contribution in [3.05, 3.63) is 50.1 Å². The van der Waals surface area contributed by atoms with Gasteiger partial charge in [0.25, 0.3) is 0 Å². The van der Waals surface area contributed by atoms with Gasteiger partial charge in [0, 0.05) is 32.8 Å². The normalized spacial score (nSPS) is 14.1. The van der Waals surface area contributed by atoms with Crippen molar-refractivity contribution in [1.82, 2.24) is 0 Å². The van der Waals surface area contributed by atoms with Gasteiger partial charge in [-0.2, -0.15) is 0 Å². The number of thiophene rings is 1. The van der Waals surface area contributed by atoms with Gasteiger partial charge in [-0.1, -0.05) is 29.3 Å². The van der Waals surface area contributed by atoms with E-state index in [2.05, 4.69) is 0 Å². The number of ether oxygens (including phenoxy) is 1. The van der Waals surface area contributed by atoms with Crippen LogP contribution in [-0.2, 0) is 0 Å². The first kappa shape index (κ1) is 15.6. The predicted octanol–water partition coefficient (Wildman–Crippen LogP) is 3.84. The Morgan fingerprint density at radius 1 is 1.35 bits per heavy atom. The Balaban J connectivity index is 2.36. The quantitative estimate of drug-likeness (QED) is 0.875. The highest BCUT2D eigenvalue weighted by Gasteiger charge is 2.26. The van der Waals surface area contributed by atoms with E-state index in [-0.39, 0.29) is 12.5 Å². The molecular formula is C14H15Cl2NO2S. The summed E-state index contributed by atoms with van der Waals surface area (Å²) in [7, 11) is 1.59. The lowest BCUT2D eigenvalue weighted by atomic mass is 9.92. The van der Waals surface area contributed by atoms with Crippen molar-refractivity contribution in [3.8, 4) is 5.75 Å². The molecule has 20 heavy (non-hydrogen) atoms. The molecule has 0 saturated carbocycles. The molecule has 2 atom stereocenters. The minimum Gasteiger partial charge on any atom is -0.496 e. The van der Waals surface area contributed by atoms with Gasteiger partial charge in [-0.25, -0.2) is 0 Å². The van der Waals surface area contributed by atoms with Gasteiger partial charge in [-0.3, -0.25) is 0 Å². The monoisotopic (exact) mass is 331 g/mol. The highest BCUT2D eigenvalue weighted by molar-refractivity contribution is 7.10. The van der Waals surface area contributed by atoms with Crippen LogP contribution in [0.4, 0.5) is 0 Å². The van der Waals surface area contributed by atoms with Gasteiger partial charge in [-0.05, 0) is 23.8 Å². The maximum Gasteiger partial charge on any atom is 0.129 e. The molecule has 0 saturated heterocycles. The van der Waals surface area contributed by atoms with E-state index in [9.17, 15) is 5.11 Å². The Labute approximate surface area is 131 Å². The first-order valence-corrected chi connectivity index (χ1v) is 7.66. The Morgan fingerprint density at radius 3 is 2.50 bits per heavy atom. The zero-order valence-electron chi connectivity index (χ0n) is 10.8. The van der Waals surface area contributed by atoms with Crippen LogP contribution in [0.1, 0.15) is 22.5 Å². The largest absolute Gasteiger partial charge is 0.496 e. The fourth-order valence-electron chi connectivity index (χ4n) is 2.06. The average Bonchev–Trinajstić information content (AvgIpc) is 2.91. The van der Waals surface area contributed by atoms with Gasteiger partial charge in [0.05, 0.1) is 13.2 Å². The minimum absolute atomic E-state index is 0.241. The van der Waals surface area contributed by atoms with Gasteiger partial charge in [0.15, 0.2) is 0 Å². The van der Waals surface area contributed by atoms with Crippen LogP contribution in [0.5, 0.6) is 5.75 Å². The van der Waals surface area contributed by atoms with Crippen LogP contribution < -0.4 is 10.5 Å². The molecule has 3 N–H and O–H groups in total. The topological polar surface area (TPSA) is 55.5 Å². The van der Waals surface area contributed by atoms with E-state index in [1.807, 2.05) is 5.38 Å². The highest BCUT2D eigenvalue weighted by Crippen LogP contribution is 2.40. The Kier molecular flexibility index (Phi) is 5.29. The molecule has 0 aliphatic rings. The van der Waals surface area contributed by atoms with E-state index in [0.717, 1.165) is 4.88 Å². The number of aliphatic hydroxyl groups excluding tert-OH is 1. The van der Waals surface area contributed by atoms with Gasteiger partial charge in [0.1, 0.15) is 5.75 Å². The van der Waals surface area contributed by atoms with Crippen LogP contribution in [0.2, 0.25) is 10.0 Å². The van der Waals surface area contributed by atoms with Crippen molar-refractivity contribution in [2.45, 2.75) is 12.0 Å². The fraction of sp³-hybridized carbons (Fsp3) is 0.286. The number of hydrogen-bond donors (Lipinski definition) is 2. The number of hydrogen-bond acceptors (Lipinski definition) is 4. The van der Waals surface area contributed by atoms with E-state index in [1.54, 1.807) is 31.4 Å². The van der Waals surface area contributed by atoms with Crippen molar-refractivity contribution in [1.29, 1.82) is 0 Å². The van der Waals surface area contributed by atoms with E-state index in [0.29, 0.717) is 21.4 Å². The Morgan fingerprint density at radius 2 is 2.00 bits per heavy atom. The molecule has 2 rings (SSSR count). The third-order valence-corrected chi connectivity index (χ3v) is 4.77. The Bertz CT molecular complexity index is 568. The second kappa shape index (κ2) is 6.78. The molecule has 2 unspecified atom stereocenters. The number of nitrogens with two attached hydrogens (primary N) is 1. The third kappa shape index (κ3) is 3.10. The van der Waals surface area contributed by atoms with Gasteiger partial charge in [0.2, 0.25) is 0 Å². The molecule has 1 aromatic carbocycles. The van der Waals surface area contributed by atoms with E-state index in [1.165, 1.54) is 11.3 Å². The maximum absolute atomic E-state index is 10.5. The van der Waals surface area contributed by atoms with E-state index in [4.69, 9.17) is 33.7 Å². The second-order valence-electron chi connectivity index (χ2n) is 4.31. The molecule has 108 valence electrons. The number of benzene rings is 1. The second-order valence-corrected chi connectivity index (χ2v) is 6.07. The lowest BCUT2D eigenvalue weighted by molar-refractivity contribution is 0.151. The molecule has 1 heterocycles. The molecule has 3 nitrogen and oxygen atoms in total. The van der Waals surface area contributed by atoms with E-state index < -0.39 is 6.10 Å². The SMILES string of the molecule is COc1csc(C(O)C(CN)c2c(Cl)cccc2Cl)c1. The number of rotatable bonds is 5. The van der Waals surface area contributed by atoms with Crippen molar-refractivity contribution >= 4 is 34.5 Å². The lowest BCUT2D eigenvalue weighted by Crippen LogP contribution is -2.20. The molecule has 0 aliphatic carbocycles. The summed E-state index contributed by atoms with van der Waals surface area (Å²) in [6.45, 7) is 0.241. The summed E-state index contributed by atoms with van der Waals surface area (Å²) in [6, 6.07) is 7.05. The zero-order chi connectivity index (χ0) is 14.7. The van der Waals surface area contributed by atoms with E-state index >= 15 is 0 Å². The van der Waals surface area contributed by atoms with Crippen molar-refractivity contribution in [3.63, 3.8) is 0 Å². The van der Waals surface area contributed by atoms with Crippen LogP contribution in [-0.4, -0.2) is 18.8 Å². The average molecular weight is 332 g/mol. The van der Waals surface area contributed by atoms with Gasteiger partial charge < -0.3 is 15.6 Å². The lowest BCUT2D eigenvalue weighted by Gasteiger charge is -2.23. The first-order valence-electron chi connectivity index (χ1n) is 6.03. The van der Waals surface area contributed by atoms with Gasteiger partial charge in [-0.15, -0.1) is 11.3 Å². The summed E-state index contributed by atoms with van der Waals surface area (Å²) in [5.74, 6) is 0.352. The summed E-state index contributed by atoms with van der Waals surface area (Å²) in [5, 5.41) is 13.4. The summed E-state index contributed by atoms with van der Waals surface area (Å²) >= 11 is 13.8. The smallest absolute Gasteiger partial charge is 0.129 e. The molecule has 0 aliphatic heterocycles. The molecule has 2 aromatic rings. The summed E-state index contributed by atoms with van der Waals surface area (Å²) in [4.78, 5) is 0.772. The van der Waals surface area contributed by atoms with Gasteiger partial charge >= 0.3 is 0 Å². The van der Waals surface area contributed by atoms with Crippen LogP contribution in [0.25, 0.3) is 0 Å². The fourth-order valence-corrected chi connectivity index (χ4v) is 3.65. The summed E-state index contributed by atoms with van der Waals surface area (Å²) in [6.07, 6.45) is -0.772. The van der Waals surface area contributed by atoms with Crippen LogP contribution >= 0.6 is 34.5 Å². The van der Waals surface area contributed by atoms with Crippen molar-refractivity contribution in [2.75, 3.05) is 13.7 Å². The number of methoxy groups -OCH3 is 1. The Hall–Kier alpha value is -0.780. The molecule has 0 spiro atoms. The molecule has 0 radical (unpaired) electrons. The predicted molar refractivity (Wildman–Crippen MR) is 84.1 cm³/mol. The first-order chi connectivity index (χ1) is 9.58. The van der Waals surface area contributed by atoms with Crippen molar-refractivity contribution < 1.29 is 9.84 Å². The number of halogens is 2. The van der Waals surface area contributed by atoms with Crippen LogP contribution in [0.3, 0.4) is 0 Å². The third-order valence-electron chi connectivity index (χ3n) is 3.13. The maximum atomic E-state index is 10.5. The highest BCUT2D eigenvalue weighted by atomic mass is 35.5. The summed E-state index contributed by atoms with van der Waals surface area (Å²) < 4.78 is 5.13. The molecule has 1 aromatic heterocycles.